The largest absolute Gasteiger partial charge is 0.492 e. The van der Waals surface area contributed by atoms with Crippen LogP contribution in [0.1, 0.15) is 40.2 Å². The van der Waals surface area contributed by atoms with Gasteiger partial charge in [-0.3, -0.25) is 4.79 Å². The van der Waals surface area contributed by atoms with Crippen molar-refractivity contribution in [3.05, 3.63) is 29.8 Å². The fourth-order valence-electron chi connectivity index (χ4n) is 1.40. The van der Waals surface area contributed by atoms with Gasteiger partial charge in [-0.15, -0.1) is 0 Å². The number of carbonyl (C=O) groups is 1. The Morgan fingerprint density at radius 3 is 2.15 bits per heavy atom. The third kappa shape index (κ3) is 5.61. The van der Waals surface area contributed by atoms with Crippen LogP contribution in [-0.2, 0) is 11.3 Å². The first kappa shape index (κ1) is 16.5. The zero-order valence-corrected chi connectivity index (χ0v) is 13.0. The Hall–Kier alpha value is -1.55. The quantitative estimate of drug-likeness (QED) is 0.840. The average molecular weight is 279 g/mol. The van der Waals surface area contributed by atoms with Crippen LogP contribution in [0.25, 0.3) is 0 Å². The molecule has 0 unspecified atom stereocenters. The van der Waals surface area contributed by atoms with Gasteiger partial charge in [0.2, 0.25) is 0 Å². The molecule has 2 N–H and O–H groups in total. The molecular weight excluding hydrogens is 254 g/mol. The standard InChI is InChI=1S/C16H25NO3/c1-15(2,3)17-10-12-6-8-13(9-7-12)20-11-16(4,5)14(18)19/h6-9,17H,10-11H2,1-5H3,(H,18,19). The molecule has 112 valence electrons. The van der Waals surface area contributed by atoms with Crippen LogP contribution in [0.5, 0.6) is 5.75 Å². The summed E-state index contributed by atoms with van der Waals surface area (Å²) in [4.78, 5) is 11.0. The SMILES string of the molecule is CC(C)(C)NCc1ccc(OCC(C)(C)C(=O)O)cc1. The van der Waals surface area contributed by atoms with Crippen molar-refractivity contribution in [2.24, 2.45) is 5.41 Å². The van der Waals surface area contributed by atoms with E-state index in [0.29, 0.717) is 5.75 Å². The zero-order valence-electron chi connectivity index (χ0n) is 13.0. The van der Waals surface area contributed by atoms with Crippen LogP contribution in [0.4, 0.5) is 0 Å². The van der Waals surface area contributed by atoms with Gasteiger partial charge in [-0.1, -0.05) is 12.1 Å². The van der Waals surface area contributed by atoms with Crippen LogP contribution in [0, 0.1) is 5.41 Å². The molecule has 20 heavy (non-hydrogen) atoms. The molecule has 0 heterocycles. The fourth-order valence-corrected chi connectivity index (χ4v) is 1.40. The van der Waals surface area contributed by atoms with Crippen LogP contribution in [-0.4, -0.2) is 23.2 Å². The van der Waals surface area contributed by atoms with Gasteiger partial charge in [0.25, 0.3) is 0 Å². The Morgan fingerprint density at radius 1 is 1.15 bits per heavy atom. The molecule has 0 aliphatic rings. The van der Waals surface area contributed by atoms with E-state index in [4.69, 9.17) is 9.84 Å². The summed E-state index contributed by atoms with van der Waals surface area (Å²) in [7, 11) is 0. The molecule has 0 aromatic heterocycles. The van der Waals surface area contributed by atoms with E-state index in [0.717, 1.165) is 6.54 Å². The minimum absolute atomic E-state index is 0.0840. The van der Waals surface area contributed by atoms with Crippen molar-refractivity contribution in [3.8, 4) is 5.75 Å². The van der Waals surface area contributed by atoms with E-state index in [2.05, 4.69) is 26.1 Å². The van der Waals surface area contributed by atoms with Crippen molar-refractivity contribution in [1.29, 1.82) is 0 Å². The lowest BCUT2D eigenvalue weighted by Crippen LogP contribution is -2.35. The van der Waals surface area contributed by atoms with Crippen molar-refractivity contribution in [1.82, 2.24) is 5.32 Å². The second kappa shape index (κ2) is 6.27. The molecule has 4 heteroatoms. The number of hydrogen-bond acceptors (Lipinski definition) is 3. The summed E-state index contributed by atoms with van der Waals surface area (Å²) < 4.78 is 5.53. The molecule has 0 atom stereocenters. The molecule has 1 rings (SSSR count). The third-order valence-corrected chi connectivity index (χ3v) is 2.92. The first-order valence-electron chi connectivity index (χ1n) is 6.80. The number of ether oxygens (including phenoxy) is 1. The van der Waals surface area contributed by atoms with E-state index in [-0.39, 0.29) is 12.1 Å². The first-order valence-corrected chi connectivity index (χ1v) is 6.80. The number of rotatable bonds is 6. The minimum atomic E-state index is -0.882. The number of aliphatic carboxylic acids is 1. The molecule has 4 nitrogen and oxygen atoms in total. The zero-order chi connectivity index (χ0) is 15.4. The van der Waals surface area contributed by atoms with Crippen molar-refractivity contribution in [3.63, 3.8) is 0 Å². The molecule has 0 spiro atoms. The highest BCUT2D eigenvalue weighted by Gasteiger charge is 2.28. The smallest absolute Gasteiger partial charge is 0.312 e. The Labute approximate surface area is 121 Å². The number of hydrogen-bond donors (Lipinski definition) is 2. The number of benzene rings is 1. The maximum atomic E-state index is 11.0. The summed E-state index contributed by atoms with van der Waals surface area (Å²) in [5, 5.41) is 12.4. The molecule has 0 saturated carbocycles. The van der Waals surface area contributed by atoms with E-state index < -0.39 is 11.4 Å². The summed E-state index contributed by atoms with van der Waals surface area (Å²) in [5.41, 5.74) is 0.373. The van der Waals surface area contributed by atoms with Crippen LogP contribution in [0.15, 0.2) is 24.3 Å². The van der Waals surface area contributed by atoms with E-state index in [9.17, 15) is 4.79 Å². The predicted molar refractivity (Wildman–Crippen MR) is 79.9 cm³/mol. The van der Waals surface area contributed by atoms with Gasteiger partial charge in [0.05, 0.1) is 5.41 Å². The summed E-state index contributed by atoms with van der Waals surface area (Å²) in [5.74, 6) is -0.165. The monoisotopic (exact) mass is 279 g/mol. The van der Waals surface area contributed by atoms with Gasteiger partial charge < -0.3 is 15.2 Å². The fraction of sp³-hybridized carbons (Fsp3) is 0.562. The molecule has 0 radical (unpaired) electrons. The maximum absolute atomic E-state index is 11.0. The molecule has 0 aliphatic heterocycles. The highest BCUT2D eigenvalue weighted by Crippen LogP contribution is 2.19. The van der Waals surface area contributed by atoms with Crippen LogP contribution < -0.4 is 10.1 Å². The van der Waals surface area contributed by atoms with Gasteiger partial charge in [-0.05, 0) is 52.3 Å². The summed E-state index contributed by atoms with van der Waals surface area (Å²) >= 11 is 0. The molecule has 0 fully saturated rings. The topological polar surface area (TPSA) is 58.6 Å². The van der Waals surface area contributed by atoms with Gasteiger partial charge in [0.1, 0.15) is 12.4 Å². The van der Waals surface area contributed by atoms with Gasteiger partial charge in [-0.2, -0.15) is 0 Å². The normalized spacial score (nSPS) is 12.2. The predicted octanol–water partition coefficient (Wildman–Crippen LogP) is 3.06. The van der Waals surface area contributed by atoms with Gasteiger partial charge in [0.15, 0.2) is 0 Å². The number of nitrogens with one attached hydrogen (secondary N) is 1. The van der Waals surface area contributed by atoms with Crippen LogP contribution in [0.3, 0.4) is 0 Å². The van der Waals surface area contributed by atoms with Gasteiger partial charge in [-0.25, -0.2) is 0 Å². The highest BCUT2D eigenvalue weighted by molar-refractivity contribution is 5.73. The van der Waals surface area contributed by atoms with Crippen molar-refractivity contribution in [2.45, 2.75) is 46.7 Å². The second-order valence-corrected chi connectivity index (χ2v) is 6.73. The van der Waals surface area contributed by atoms with E-state index in [1.165, 1.54) is 5.56 Å². The van der Waals surface area contributed by atoms with E-state index in [1.54, 1.807) is 13.8 Å². The molecule has 0 saturated heterocycles. The van der Waals surface area contributed by atoms with E-state index >= 15 is 0 Å². The molecule has 1 aromatic rings. The summed E-state index contributed by atoms with van der Waals surface area (Å²) in [6, 6.07) is 7.72. The summed E-state index contributed by atoms with van der Waals surface area (Å²) in [6.45, 7) is 10.6. The van der Waals surface area contributed by atoms with Crippen LogP contribution in [0.2, 0.25) is 0 Å². The lowest BCUT2D eigenvalue weighted by molar-refractivity contribution is -0.148. The molecule has 0 aliphatic carbocycles. The van der Waals surface area contributed by atoms with Gasteiger partial charge in [0, 0.05) is 12.1 Å². The molecular formula is C16H25NO3. The first-order chi connectivity index (χ1) is 9.10. The Bertz CT molecular complexity index is 444. The average Bonchev–Trinajstić information content (AvgIpc) is 2.34. The molecule has 0 amide bonds. The Balaban J connectivity index is 2.53. The Kier molecular flexibility index (Phi) is 5.17. The van der Waals surface area contributed by atoms with Gasteiger partial charge >= 0.3 is 5.97 Å². The number of carboxylic acids is 1. The lowest BCUT2D eigenvalue weighted by atomic mass is 9.95. The highest BCUT2D eigenvalue weighted by atomic mass is 16.5. The Morgan fingerprint density at radius 2 is 1.70 bits per heavy atom. The van der Waals surface area contributed by atoms with Crippen molar-refractivity contribution >= 4 is 5.97 Å². The lowest BCUT2D eigenvalue weighted by Gasteiger charge is -2.21. The van der Waals surface area contributed by atoms with Crippen LogP contribution >= 0.6 is 0 Å². The minimum Gasteiger partial charge on any atom is -0.492 e. The summed E-state index contributed by atoms with van der Waals surface area (Å²) in [6.07, 6.45) is 0. The second-order valence-electron chi connectivity index (χ2n) is 6.73. The number of carboxylic acid groups (broad SMARTS) is 1. The maximum Gasteiger partial charge on any atom is 0.312 e. The third-order valence-electron chi connectivity index (χ3n) is 2.92. The van der Waals surface area contributed by atoms with E-state index in [1.807, 2.05) is 24.3 Å². The van der Waals surface area contributed by atoms with Crippen molar-refractivity contribution < 1.29 is 14.6 Å². The van der Waals surface area contributed by atoms with Crippen molar-refractivity contribution in [2.75, 3.05) is 6.61 Å². The molecule has 0 bridgehead atoms. The molecule has 1 aromatic carbocycles.